The van der Waals surface area contributed by atoms with Gasteiger partial charge in [0.25, 0.3) is 0 Å². The fourth-order valence-electron chi connectivity index (χ4n) is 2.82. The first-order valence-electron chi connectivity index (χ1n) is 8.17. The predicted octanol–water partition coefficient (Wildman–Crippen LogP) is 4.22. The minimum atomic E-state index is -0.515. The minimum Gasteiger partial charge on any atom is -0.465 e. The molecule has 1 aliphatic rings. The zero-order valence-corrected chi connectivity index (χ0v) is 15.7. The molecule has 3 rings (SSSR count). The number of amides is 2. The Kier molecular flexibility index (Phi) is 5.90. The number of urea groups is 1. The SMILES string of the molecule is COC(=O)c1c(NC(=O)NN=Cc2ccc(Cl)cc2)sc2c1CCCC2. The molecule has 0 radical (unpaired) electrons. The second-order valence-corrected chi connectivity index (χ2v) is 7.32. The van der Waals surface area contributed by atoms with Gasteiger partial charge in [-0.1, -0.05) is 23.7 Å². The highest BCUT2D eigenvalue weighted by Crippen LogP contribution is 2.38. The van der Waals surface area contributed by atoms with Crippen LogP contribution in [-0.2, 0) is 17.6 Å². The van der Waals surface area contributed by atoms with Gasteiger partial charge in [-0.3, -0.25) is 5.32 Å². The van der Waals surface area contributed by atoms with Crippen molar-refractivity contribution in [3.05, 3.63) is 50.9 Å². The number of hydrazone groups is 1. The third kappa shape index (κ3) is 4.23. The number of anilines is 1. The zero-order chi connectivity index (χ0) is 18.5. The van der Waals surface area contributed by atoms with Gasteiger partial charge in [-0.05, 0) is 48.9 Å². The van der Waals surface area contributed by atoms with Gasteiger partial charge in [-0.2, -0.15) is 5.10 Å². The summed E-state index contributed by atoms with van der Waals surface area (Å²) in [6.45, 7) is 0. The van der Waals surface area contributed by atoms with Crippen LogP contribution in [0, 0.1) is 0 Å². The van der Waals surface area contributed by atoms with Gasteiger partial charge in [0.05, 0.1) is 18.9 Å². The molecule has 0 atom stereocenters. The van der Waals surface area contributed by atoms with E-state index in [2.05, 4.69) is 15.8 Å². The van der Waals surface area contributed by atoms with Crippen LogP contribution in [0.15, 0.2) is 29.4 Å². The Bertz CT molecular complexity index is 846. The standard InChI is InChI=1S/C18H18ClN3O3S/c1-25-17(23)15-13-4-2-3-5-14(13)26-16(15)21-18(24)22-20-10-11-6-8-12(19)9-7-11/h6-10H,2-5H2,1H3,(H2,21,22,24). The molecule has 0 aliphatic heterocycles. The lowest BCUT2D eigenvalue weighted by Crippen LogP contribution is -2.24. The highest BCUT2D eigenvalue weighted by atomic mass is 35.5. The molecule has 2 amide bonds. The van der Waals surface area contributed by atoms with Crippen LogP contribution >= 0.6 is 22.9 Å². The molecule has 8 heteroatoms. The Balaban J connectivity index is 1.70. The van der Waals surface area contributed by atoms with Gasteiger partial charge < -0.3 is 4.74 Å². The lowest BCUT2D eigenvalue weighted by molar-refractivity contribution is 0.0601. The van der Waals surface area contributed by atoms with E-state index in [4.69, 9.17) is 16.3 Å². The van der Waals surface area contributed by atoms with Gasteiger partial charge >= 0.3 is 12.0 Å². The number of esters is 1. The number of halogens is 1. The molecule has 6 nitrogen and oxygen atoms in total. The zero-order valence-electron chi connectivity index (χ0n) is 14.2. The summed E-state index contributed by atoms with van der Waals surface area (Å²) in [6, 6.07) is 6.53. The third-order valence-electron chi connectivity index (χ3n) is 4.04. The molecule has 26 heavy (non-hydrogen) atoms. The number of aryl methyl sites for hydroxylation is 1. The van der Waals surface area contributed by atoms with Gasteiger partial charge in [0.2, 0.25) is 0 Å². The number of carbonyl (C=O) groups excluding carboxylic acids is 2. The maximum atomic E-state index is 12.1. The first-order chi connectivity index (χ1) is 12.6. The number of nitrogens with one attached hydrogen (secondary N) is 2. The molecule has 0 bridgehead atoms. The summed E-state index contributed by atoms with van der Waals surface area (Å²) >= 11 is 7.25. The number of ether oxygens (including phenoxy) is 1. The van der Waals surface area contributed by atoms with Crippen molar-refractivity contribution < 1.29 is 14.3 Å². The average molecular weight is 392 g/mol. The number of rotatable bonds is 4. The lowest BCUT2D eigenvalue weighted by atomic mass is 9.95. The van der Waals surface area contributed by atoms with Crippen LogP contribution in [0.25, 0.3) is 0 Å². The number of thiophene rings is 1. The molecule has 2 aromatic rings. The van der Waals surface area contributed by atoms with E-state index in [0.29, 0.717) is 15.6 Å². The molecule has 1 aromatic carbocycles. The summed E-state index contributed by atoms with van der Waals surface area (Å²) in [5, 5.41) is 7.75. The topological polar surface area (TPSA) is 79.8 Å². The van der Waals surface area contributed by atoms with E-state index >= 15 is 0 Å². The third-order valence-corrected chi connectivity index (χ3v) is 5.50. The van der Waals surface area contributed by atoms with E-state index in [1.165, 1.54) is 24.7 Å². The smallest absolute Gasteiger partial charge is 0.341 e. The fourth-order valence-corrected chi connectivity index (χ4v) is 4.22. The Hall–Kier alpha value is -2.38. The molecule has 0 saturated heterocycles. The van der Waals surface area contributed by atoms with Crippen LogP contribution in [0.4, 0.5) is 9.80 Å². The van der Waals surface area contributed by atoms with Crippen molar-refractivity contribution in [3.63, 3.8) is 0 Å². The second-order valence-electron chi connectivity index (χ2n) is 5.78. The largest absolute Gasteiger partial charge is 0.465 e. The van der Waals surface area contributed by atoms with Crippen LogP contribution in [0.1, 0.15) is 39.2 Å². The van der Waals surface area contributed by atoms with Crippen LogP contribution in [0.3, 0.4) is 0 Å². The molecule has 1 aromatic heterocycles. The van der Waals surface area contributed by atoms with Gasteiger partial charge in [-0.15, -0.1) is 11.3 Å². The Morgan fingerprint density at radius 3 is 2.69 bits per heavy atom. The van der Waals surface area contributed by atoms with E-state index < -0.39 is 12.0 Å². The lowest BCUT2D eigenvalue weighted by Gasteiger charge is -2.11. The normalized spacial score (nSPS) is 13.3. The highest BCUT2D eigenvalue weighted by Gasteiger charge is 2.26. The van der Waals surface area contributed by atoms with Crippen LogP contribution in [0.2, 0.25) is 5.02 Å². The summed E-state index contributed by atoms with van der Waals surface area (Å²) in [5.74, 6) is -0.427. The van der Waals surface area contributed by atoms with Crippen molar-refractivity contribution in [1.82, 2.24) is 5.43 Å². The van der Waals surface area contributed by atoms with E-state index in [9.17, 15) is 9.59 Å². The van der Waals surface area contributed by atoms with Crippen LogP contribution < -0.4 is 10.7 Å². The molecular weight excluding hydrogens is 374 g/mol. The van der Waals surface area contributed by atoms with Crippen molar-refractivity contribution in [3.8, 4) is 0 Å². The quantitative estimate of drug-likeness (QED) is 0.465. The van der Waals surface area contributed by atoms with Crippen molar-refractivity contribution in [2.24, 2.45) is 5.10 Å². The highest BCUT2D eigenvalue weighted by molar-refractivity contribution is 7.17. The first-order valence-corrected chi connectivity index (χ1v) is 9.36. The van der Waals surface area contributed by atoms with Gasteiger partial charge in [0.15, 0.2) is 0 Å². The number of fused-ring (bicyclic) bond motifs is 1. The van der Waals surface area contributed by atoms with Crippen LogP contribution in [-0.4, -0.2) is 25.3 Å². The van der Waals surface area contributed by atoms with Crippen molar-refractivity contribution >= 4 is 46.2 Å². The predicted molar refractivity (Wildman–Crippen MR) is 104 cm³/mol. The number of carbonyl (C=O) groups is 2. The maximum absolute atomic E-state index is 12.1. The maximum Gasteiger partial charge on any atom is 0.341 e. The van der Waals surface area contributed by atoms with Gasteiger partial charge in [0, 0.05) is 9.90 Å². The molecule has 136 valence electrons. The first kappa shape index (κ1) is 18.4. The molecule has 0 saturated carbocycles. The molecule has 0 fully saturated rings. The molecule has 0 spiro atoms. The van der Waals surface area contributed by atoms with E-state index in [-0.39, 0.29) is 0 Å². The molecule has 1 heterocycles. The number of methoxy groups -OCH3 is 1. The number of benzene rings is 1. The van der Waals surface area contributed by atoms with Crippen molar-refractivity contribution in [2.45, 2.75) is 25.7 Å². The molecule has 2 N–H and O–H groups in total. The summed E-state index contributed by atoms with van der Waals surface area (Å²) in [6.07, 6.45) is 5.38. The molecular formula is C18H18ClN3O3S. The van der Waals surface area contributed by atoms with E-state index in [0.717, 1.165) is 41.7 Å². The van der Waals surface area contributed by atoms with Gasteiger partial charge in [0.1, 0.15) is 5.00 Å². The Morgan fingerprint density at radius 1 is 1.23 bits per heavy atom. The summed E-state index contributed by atoms with van der Waals surface area (Å²) < 4.78 is 4.89. The second kappa shape index (κ2) is 8.33. The number of hydrogen-bond acceptors (Lipinski definition) is 5. The summed E-state index contributed by atoms with van der Waals surface area (Å²) in [7, 11) is 1.34. The minimum absolute atomic E-state index is 0.427. The van der Waals surface area contributed by atoms with Crippen LogP contribution in [0.5, 0.6) is 0 Å². The monoisotopic (exact) mass is 391 g/mol. The summed E-state index contributed by atoms with van der Waals surface area (Å²) in [4.78, 5) is 25.4. The summed E-state index contributed by atoms with van der Waals surface area (Å²) in [5.41, 5.74) is 4.66. The van der Waals surface area contributed by atoms with Gasteiger partial charge in [-0.25, -0.2) is 15.0 Å². The number of hydrogen-bond donors (Lipinski definition) is 2. The number of nitrogens with zero attached hydrogens (tertiary/aromatic N) is 1. The fraction of sp³-hybridized carbons (Fsp3) is 0.278. The Labute approximate surface area is 160 Å². The van der Waals surface area contributed by atoms with Crippen molar-refractivity contribution in [2.75, 3.05) is 12.4 Å². The average Bonchev–Trinajstić information content (AvgIpc) is 3.00. The van der Waals surface area contributed by atoms with E-state index in [1.807, 2.05) is 0 Å². The Morgan fingerprint density at radius 2 is 1.96 bits per heavy atom. The molecule has 1 aliphatic carbocycles. The van der Waals surface area contributed by atoms with Crippen molar-refractivity contribution in [1.29, 1.82) is 0 Å². The van der Waals surface area contributed by atoms with E-state index in [1.54, 1.807) is 24.3 Å². The molecule has 0 unspecified atom stereocenters.